The first-order valence-corrected chi connectivity index (χ1v) is 11.3. The Balaban J connectivity index is 1.39. The summed E-state index contributed by atoms with van der Waals surface area (Å²) in [6, 6.07) is 9.88. The summed E-state index contributed by atoms with van der Waals surface area (Å²) < 4.78 is 53.0. The van der Waals surface area contributed by atoms with E-state index in [1.165, 1.54) is 18.2 Å². The molecule has 1 N–H and O–H groups in total. The minimum absolute atomic E-state index is 0.104. The van der Waals surface area contributed by atoms with Gasteiger partial charge in [-0.3, -0.25) is 9.69 Å². The van der Waals surface area contributed by atoms with E-state index in [9.17, 15) is 22.4 Å². The molecule has 2 aromatic carbocycles. The van der Waals surface area contributed by atoms with Gasteiger partial charge < -0.3 is 15.1 Å². The lowest BCUT2D eigenvalue weighted by Gasteiger charge is -2.36. The second-order valence-electron chi connectivity index (χ2n) is 8.57. The molecule has 0 radical (unpaired) electrons. The fraction of sp³-hybridized carbons (Fsp3) is 0.458. The van der Waals surface area contributed by atoms with E-state index in [4.69, 9.17) is 0 Å². The van der Waals surface area contributed by atoms with E-state index >= 15 is 0 Å². The lowest BCUT2D eigenvalue weighted by atomic mass is 10.1. The van der Waals surface area contributed by atoms with Crippen molar-refractivity contribution in [1.29, 1.82) is 0 Å². The van der Waals surface area contributed by atoms with Gasteiger partial charge >= 0.3 is 6.18 Å². The van der Waals surface area contributed by atoms with E-state index in [0.29, 0.717) is 31.9 Å². The summed E-state index contributed by atoms with van der Waals surface area (Å²) in [7, 11) is 0. The molecule has 9 heteroatoms. The number of alkyl halides is 3. The number of rotatable bonds is 5. The molecule has 4 rings (SSSR count). The van der Waals surface area contributed by atoms with E-state index in [0.717, 1.165) is 50.2 Å². The third-order valence-electron chi connectivity index (χ3n) is 6.23. The molecule has 0 saturated carbocycles. The minimum Gasteiger partial charge on any atom is -0.370 e. The van der Waals surface area contributed by atoms with Gasteiger partial charge in [-0.05, 0) is 61.7 Å². The molecule has 2 heterocycles. The van der Waals surface area contributed by atoms with E-state index in [-0.39, 0.29) is 24.0 Å². The quantitative estimate of drug-likeness (QED) is 0.657. The summed E-state index contributed by atoms with van der Waals surface area (Å²) >= 11 is 0. The fourth-order valence-corrected chi connectivity index (χ4v) is 4.43. The molecule has 2 aliphatic heterocycles. The van der Waals surface area contributed by atoms with Crippen molar-refractivity contribution < 1.29 is 22.4 Å². The monoisotopic (exact) mass is 464 g/mol. The van der Waals surface area contributed by atoms with Crippen molar-refractivity contribution in [3.63, 3.8) is 0 Å². The molecular formula is C24H28F4N4O. The Labute approximate surface area is 191 Å². The molecule has 0 aliphatic carbocycles. The highest BCUT2D eigenvalue weighted by atomic mass is 19.4. The Hall–Kier alpha value is -2.81. The number of amides is 1. The highest BCUT2D eigenvalue weighted by molar-refractivity contribution is 5.96. The SMILES string of the molecule is O=C(CN1CCN(c2ccc(F)cc2)CC1)Nc1cc(C(F)(F)F)ccc1N1CCCCC1. The number of piperazine rings is 1. The van der Waals surface area contributed by atoms with Crippen LogP contribution < -0.4 is 15.1 Å². The van der Waals surface area contributed by atoms with Gasteiger partial charge in [-0.2, -0.15) is 13.2 Å². The fourth-order valence-electron chi connectivity index (χ4n) is 4.43. The molecule has 5 nitrogen and oxygen atoms in total. The Kier molecular flexibility index (Phi) is 7.07. The van der Waals surface area contributed by atoms with Crippen LogP contribution in [0, 0.1) is 5.82 Å². The molecule has 33 heavy (non-hydrogen) atoms. The molecule has 0 unspecified atom stereocenters. The lowest BCUT2D eigenvalue weighted by molar-refractivity contribution is -0.137. The first kappa shape index (κ1) is 23.4. The number of benzene rings is 2. The average Bonchev–Trinajstić information content (AvgIpc) is 2.80. The predicted molar refractivity (Wildman–Crippen MR) is 121 cm³/mol. The van der Waals surface area contributed by atoms with Crippen LogP contribution in [0.1, 0.15) is 24.8 Å². The average molecular weight is 465 g/mol. The molecular weight excluding hydrogens is 436 g/mol. The summed E-state index contributed by atoms with van der Waals surface area (Å²) in [4.78, 5) is 18.9. The number of carbonyl (C=O) groups excluding carboxylic acids is 1. The van der Waals surface area contributed by atoms with Gasteiger partial charge in [-0.1, -0.05) is 0 Å². The Bertz CT molecular complexity index is 950. The van der Waals surface area contributed by atoms with Crippen LogP contribution in [-0.2, 0) is 11.0 Å². The van der Waals surface area contributed by atoms with Gasteiger partial charge in [0.05, 0.1) is 23.5 Å². The molecule has 1 amide bonds. The van der Waals surface area contributed by atoms with Crippen molar-refractivity contribution in [2.24, 2.45) is 0 Å². The van der Waals surface area contributed by atoms with Crippen LogP contribution in [0.2, 0.25) is 0 Å². The molecule has 2 fully saturated rings. The third-order valence-corrected chi connectivity index (χ3v) is 6.23. The topological polar surface area (TPSA) is 38.8 Å². The zero-order valence-corrected chi connectivity index (χ0v) is 18.4. The van der Waals surface area contributed by atoms with Gasteiger partial charge in [0.25, 0.3) is 0 Å². The number of anilines is 3. The standard InChI is InChI=1S/C24H28F4N4O/c25-19-5-7-20(8-6-19)31-14-12-30(13-15-31)17-23(33)29-21-16-18(24(26,27)28)4-9-22(21)32-10-2-1-3-11-32/h4-9,16H,1-3,10-15,17H2,(H,29,33). The third kappa shape index (κ3) is 5.96. The lowest BCUT2D eigenvalue weighted by Crippen LogP contribution is -2.48. The number of nitrogens with one attached hydrogen (secondary N) is 1. The molecule has 2 aliphatic rings. The van der Waals surface area contributed by atoms with Crippen molar-refractivity contribution >= 4 is 23.0 Å². The van der Waals surface area contributed by atoms with Gasteiger partial charge in [-0.25, -0.2) is 4.39 Å². The highest BCUT2D eigenvalue weighted by Crippen LogP contribution is 2.36. The summed E-state index contributed by atoms with van der Waals surface area (Å²) in [5, 5.41) is 2.74. The van der Waals surface area contributed by atoms with Crippen molar-refractivity contribution in [1.82, 2.24) is 4.90 Å². The molecule has 0 atom stereocenters. The summed E-state index contributed by atoms with van der Waals surface area (Å²) in [5.41, 5.74) is 1.00. The van der Waals surface area contributed by atoms with Crippen LogP contribution in [0.25, 0.3) is 0 Å². The van der Waals surface area contributed by atoms with Crippen molar-refractivity contribution in [3.05, 3.63) is 53.8 Å². The van der Waals surface area contributed by atoms with Crippen LogP contribution in [0.3, 0.4) is 0 Å². The number of hydrogen-bond acceptors (Lipinski definition) is 4. The molecule has 0 spiro atoms. The number of piperidine rings is 1. The maximum atomic E-state index is 13.3. The Morgan fingerprint density at radius 1 is 0.848 bits per heavy atom. The van der Waals surface area contributed by atoms with Gasteiger partial charge in [0.15, 0.2) is 0 Å². The molecule has 0 bridgehead atoms. The summed E-state index contributed by atoms with van der Waals surface area (Å²) in [6.45, 7) is 4.26. The maximum absolute atomic E-state index is 13.3. The maximum Gasteiger partial charge on any atom is 0.416 e. The molecule has 0 aromatic heterocycles. The van der Waals surface area contributed by atoms with Crippen LogP contribution >= 0.6 is 0 Å². The van der Waals surface area contributed by atoms with Crippen LogP contribution in [0.15, 0.2) is 42.5 Å². The largest absolute Gasteiger partial charge is 0.416 e. The highest BCUT2D eigenvalue weighted by Gasteiger charge is 2.32. The second kappa shape index (κ2) is 9.99. The zero-order chi connectivity index (χ0) is 23.4. The first-order valence-electron chi connectivity index (χ1n) is 11.3. The van der Waals surface area contributed by atoms with E-state index in [1.807, 2.05) is 9.80 Å². The normalized spacial score (nSPS) is 17.8. The van der Waals surface area contributed by atoms with Gasteiger partial charge in [0, 0.05) is 45.0 Å². The minimum atomic E-state index is -4.48. The van der Waals surface area contributed by atoms with Crippen molar-refractivity contribution in [3.8, 4) is 0 Å². The van der Waals surface area contributed by atoms with E-state index in [2.05, 4.69) is 10.2 Å². The van der Waals surface area contributed by atoms with Crippen LogP contribution in [0.4, 0.5) is 34.6 Å². The summed E-state index contributed by atoms with van der Waals surface area (Å²) in [5.74, 6) is -0.615. The predicted octanol–water partition coefficient (Wildman–Crippen LogP) is 4.60. The number of hydrogen-bond donors (Lipinski definition) is 1. The molecule has 2 aromatic rings. The van der Waals surface area contributed by atoms with E-state index < -0.39 is 11.7 Å². The number of carbonyl (C=O) groups is 1. The Morgan fingerprint density at radius 3 is 2.15 bits per heavy atom. The first-order chi connectivity index (χ1) is 15.8. The Morgan fingerprint density at radius 2 is 1.52 bits per heavy atom. The zero-order valence-electron chi connectivity index (χ0n) is 18.4. The molecule has 2 saturated heterocycles. The number of nitrogens with zero attached hydrogens (tertiary/aromatic N) is 3. The van der Waals surface area contributed by atoms with Crippen LogP contribution in [0.5, 0.6) is 0 Å². The van der Waals surface area contributed by atoms with E-state index in [1.54, 1.807) is 12.1 Å². The summed E-state index contributed by atoms with van der Waals surface area (Å²) in [6.07, 6.45) is -1.42. The smallest absolute Gasteiger partial charge is 0.370 e. The van der Waals surface area contributed by atoms with Gasteiger partial charge in [0.1, 0.15) is 5.82 Å². The number of halogens is 4. The van der Waals surface area contributed by atoms with Gasteiger partial charge in [0.2, 0.25) is 5.91 Å². The van der Waals surface area contributed by atoms with Crippen molar-refractivity contribution in [2.45, 2.75) is 25.4 Å². The van der Waals surface area contributed by atoms with Crippen LogP contribution in [-0.4, -0.2) is 56.6 Å². The second-order valence-corrected chi connectivity index (χ2v) is 8.57. The van der Waals surface area contributed by atoms with Crippen molar-refractivity contribution in [2.75, 3.05) is 60.9 Å². The molecule has 178 valence electrons. The van der Waals surface area contributed by atoms with Gasteiger partial charge in [-0.15, -0.1) is 0 Å².